The minimum Gasteiger partial charge on any atom is -0.273 e. The van der Waals surface area contributed by atoms with Crippen molar-refractivity contribution in [1.82, 2.24) is 10.4 Å². The number of nitrogens with zero attached hydrogens (tertiary/aromatic N) is 1. The van der Waals surface area contributed by atoms with E-state index in [1.54, 1.807) is 0 Å². The highest BCUT2D eigenvalue weighted by Crippen LogP contribution is 2.60. The summed E-state index contributed by atoms with van der Waals surface area (Å²) in [4.78, 5) is 41.6. The largest absolute Gasteiger partial charge is 0.273 e. The first-order valence-corrected chi connectivity index (χ1v) is 13.5. The Hall–Kier alpha value is -3.21. The summed E-state index contributed by atoms with van der Waals surface area (Å²) in [6.45, 7) is 0. The fourth-order valence-corrected chi connectivity index (χ4v) is 8.65. The second kappa shape index (κ2) is 8.16. The van der Waals surface area contributed by atoms with Gasteiger partial charge in [0.15, 0.2) is 0 Å². The number of carbonyl (C=O) groups is 3. The molecule has 8 rings (SSSR count). The summed E-state index contributed by atoms with van der Waals surface area (Å²) in [6.07, 6.45) is 10.6. The second-order valence-corrected chi connectivity index (χ2v) is 12.0. The van der Waals surface area contributed by atoms with Crippen molar-refractivity contribution in [3.8, 4) is 0 Å². The Bertz CT molecular complexity index is 1130. The third-order valence-electron chi connectivity index (χ3n) is 9.80. The Morgan fingerprint density at radius 2 is 1.11 bits per heavy atom. The Morgan fingerprint density at radius 1 is 0.694 bits per heavy atom. The third-order valence-corrected chi connectivity index (χ3v) is 9.80. The minimum atomic E-state index is -0.535. The first-order valence-electron chi connectivity index (χ1n) is 13.5. The van der Waals surface area contributed by atoms with Crippen LogP contribution < -0.4 is 5.43 Å². The highest BCUT2D eigenvalue weighted by Gasteiger charge is 2.59. The molecule has 5 fully saturated rings. The molecule has 2 aromatic carbocycles. The first-order chi connectivity index (χ1) is 17.5. The van der Waals surface area contributed by atoms with E-state index >= 15 is 0 Å². The van der Waals surface area contributed by atoms with Crippen LogP contribution in [0.15, 0.2) is 72.8 Å². The van der Waals surface area contributed by atoms with E-state index in [1.165, 1.54) is 19.3 Å². The highest BCUT2D eigenvalue weighted by atomic mass is 16.2. The monoisotopic (exact) mass is 480 g/mol. The molecule has 5 aliphatic carbocycles. The summed E-state index contributed by atoms with van der Waals surface area (Å²) in [7, 11) is 0. The van der Waals surface area contributed by atoms with Gasteiger partial charge in [0.05, 0.1) is 17.3 Å². The maximum absolute atomic E-state index is 13.9. The lowest BCUT2D eigenvalue weighted by atomic mass is 9.49. The molecular formula is C31H32N2O3. The number of imide groups is 1. The van der Waals surface area contributed by atoms with E-state index in [-0.39, 0.29) is 29.6 Å². The van der Waals surface area contributed by atoms with Gasteiger partial charge in [0.25, 0.3) is 11.8 Å². The Morgan fingerprint density at radius 3 is 1.53 bits per heavy atom. The average Bonchev–Trinajstić information content (AvgIpc) is 3.14. The predicted octanol–water partition coefficient (Wildman–Crippen LogP) is 4.97. The summed E-state index contributed by atoms with van der Waals surface area (Å²) in [6, 6.07) is 19.9. The number of nitrogens with one attached hydrogen (secondary N) is 1. The van der Waals surface area contributed by atoms with Gasteiger partial charge < -0.3 is 0 Å². The molecule has 3 amide bonds. The van der Waals surface area contributed by atoms with Crippen LogP contribution in [0.2, 0.25) is 0 Å². The van der Waals surface area contributed by atoms with E-state index in [4.69, 9.17) is 0 Å². The smallest absolute Gasteiger partial charge is 0.253 e. The molecule has 36 heavy (non-hydrogen) atoms. The molecule has 4 saturated carbocycles. The Kier molecular flexibility index (Phi) is 4.99. The van der Waals surface area contributed by atoms with Crippen molar-refractivity contribution in [2.24, 2.45) is 35.0 Å². The molecule has 0 radical (unpaired) electrons. The lowest BCUT2D eigenvalue weighted by Crippen LogP contribution is -2.58. The molecule has 2 aromatic rings. The topological polar surface area (TPSA) is 66.5 Å². The number of rotatable bonds is 4. The number of carbonyl (C=O) groups excluding carboxylic acids is 3. The normalized spacial score (nSPS) is 38.3. The zero-order valence-electron chi connectivity index (χ0n) is 20.4. The maximum atomic E-state index is 13.9. The molecule has 184 valence electrons. The molecule has 1 heterocycles. The molecule has 6 aliphatic rings. The summed E-state index contributed by atoms with van der Waals surface area (Å²) in [5.74, 6) is -0.287. The van der Waals surface area contributed by atoms with Gasteiger partial charge in [0.1, 0.15) is 0 Å². The fraction of sp³-hybridized carbons (Fsp3) is 0.452. The molecular weight excluding hydrogens is 448 g/mol. The zero-order valence-corrected chi connectivity index (χ0v) is 20.4. The molecule has 1 aliphatic heterocycles. The molecule has 4 atom stereocenters. The molecule has 1 saturated heterocycles. The maximum Gasteiger partial charge on any atom is 0.253 e. The van der Waals surface area contributed by atoms with Crippen LogP contribution in [0.5, 0.6) is 0 Å². The van der Waals surface area contributed by atoms with Crippen molar-refractivity contribution in [2.45, 2.75) is 50.4 Å². The highest BCUT2D eigenvalue weighted by molar-refractivity contribution is 6.08. The third kappa shape index (κ3) is 3.31. The summed E-state index contributed by atoms with van der Waals surface area (Å²) >= 11 is 0. The molecule has 0 aromatic heterocycles. The molecule has 0 spiro atoms. The number of benzene rings is 2. The van der Waals surface area contributed by atoms with E-state index in [9.17, 15) is 14.4 Å². The van der Waals surface area contributed by atoms with Gasteiger partial charge in [-0.05, 0) is 67.4 Å². The second-order valence-electron chi connectivity index (χ2n) is 12.0. The average molecular weight is 481 g/mol. The van der Waals surface area contributed by atoms with Crippen molar-refractivity contribution in [1.29, 1.82) is 0 Å². The molecule has 5 nitrogen and oxygen atoms in total. The van der Waals surface area contributed by atoms with Crippen molar-refractivity contribution in [2.75, 3.05) is 0 Å². The summed E-state index contributed by atoms with van der Waals surface area (Å²) < 4.78 is 0. The molecule has 0 unspecified atom stereocenters. The lowest BCUT2D eigenvalue weighted by molar-refractivity contribution is -0.160. The lowest BCUT2D eigenvalue weighted by Gasteiger charge is -2.55. The predicted molar refractivity (Wildman–Crippen MR) is 135 cm³/mol. The van der Waals surface area contributed by atoms with Gasteiger partial charge in [-0.3, -0.25) is 19.8 Å². The first kappa shape index (κ1) is 22.0. The van der Waals surface area contributed by atoms with E-state index in [1.807, 2.05) is 60.7 Å². The SMILES string of the molecule is O=C1[C@H]2[C@H](C(=O)N1NC(=O)C13CC4CC(CC(C4)C1)C3)[C@@H](c1ccccc1)C=C[C@@H]2c1ccccc1. The number of allylic oxidation sites excluding steroid dienone is 2. The summed E-state index contributed by atoms with van der Waals surface area (Å²) in [5.41, 5.74) is 4.52. The number of hydrazine groups is 1. The van der Waals surface area contributed by atoms with Crippen LogP contribution in [-0.2, 0) is 14.4 Å². The van der Waals surface area contributed by atoms with Gasteiger partial charge in [-0.2, -0.15) is 5.01 Å². The molecule has 5 heteroatoms. The minimum absolute atomic E-state index is 0.109. The number of fused-ring (bicyclic) bond motifs is 1. The van der Waals surface area contributed by atoms with Gasteiger partial charge in [0, 0.05) is 11.8 Å². The number of hydrogen-bond acceptors (Lipinski definition) is 3. The van der Waals surface area contributed by atoms with Crippen molar-refractivity contribution in [3.05, 3.63) is 83.9 Å². The van der Waals surface area contributed by atoms with Gasteiger partial charge in [-0.15, -0.1) is 0 Å². The van der Waals surface area contributed by atoms with Crippen LogP contribution in [0.1, 0.15) is 61.5 Å². The van der Waals surface area contributed by atoms with E-state index in [2.05, 4.69) is 17.6 Å². The Balaban J connectivity index is 1.22. The van der Waals surface area contributed by atoms with Crippen molar-refractivity contribution < 1.29 is 14.4 Å². The van der Waals surface area contributed by atoms with E-state index in [0.29, 0.717) is 17.8 Å². The van der Waals surface area contributed by atoms with Crippen LogP contribution in [-0.4, -0.2) is 22.7 Å². The van der Waals surface area contributed by atoms with Crippen LogP contribution in [0.4, 0.5) is 0 Å². The quantitative estimate of drug-likeness (QED) is 0.496. The summed E-state index contributed by atoms with van der Waals surface area (Å²) in [5, 5.41) is 1.11. The van der Waals surface area contributed by atoms with Crippen molar-refractivity contribution in [3.63, 3.8) is 0 Å². The Labute approximate surface area is 211 Å². The van der Waals surface area contributed by atoms with Crippen LogP contribution in [0.3, 0.4) is 0 Å². The molecule has 1 N–H and O–H groups in total. The fourth-order valence-electron chi connectivity index (χ4n) is 8.65. The van der Waals surface area contributed by atoms with Crippen LogP contribution in [0, 0.1) is 35.0 Å². The van der Waals surface area contributed by atoms with Crippen LogP contribution in [0.25, 0.3) is 0 Å². The van der Waals surface area contributed by atoms with Gasteiger partial charge in [-0.25, -0.2) is 0 Å². The zero-order chi connectivity index (χ0) is 24.4. The van der Waals surface area contributed by atoms with Crippen LogP contribution >= 0.6 is 0 Å². The van der Waals surface area contributed by atoms with Gasteiger partial charge in [0.2, 0.25) is 5.91 Å². The number of amides is 3. The standard InChI is InChI=1S/C31H32N2O3/c34-28-26-24(22-7-3-1-4-8-22)11-12-25(23-9-5-2-6-10-23)27(26)29(35)33(28)32-30(36)31-16-19-13-20(17-31)15-21(14-19)18-31/h1-12,19-21,24-27H,13-18H2,(H,32,36)/t19?,20?,21?,24-,25-,26-,27-,31?/m1/s1. The van der Waals surface area contributed by atoms with Crippen molar-refractivity contribution >= 4 is 17.7 Å². The number of hydrogen-bond donors (Lipinski definition) is 1. The molecule has 4 bridgehead atoms. The van der Waals surface area contributed by atoms with Gasteiger partial charge >= 0.3 is 0 Å². The van der Waals surface area contributed by atoms with E-state index < -0.39 is 17.3 Å². The van der Waals surface area contributed by atoms with E-state index in [0.717, 1.165) is 35.4 Å². The van der Waals surface area contributed by atoms with Gasteiger partial charge in [-0.1, -0.05) is 72.8 Å².